The zero-order valence-corrected chi connectivity index (χ0v) is 14.2. The van der Waals surface area contributed by atoms with E-state index in [4.69, 9.17) is 4.52 Å². The fourth-order valence-electron chi connectivity index (χ4n) is 2.77. The van der Waals surface area contributed by atoms with Gasteiger partial charge >= 0.3 is 0 Å². The number of carbonyl (C=O) groups excluding carboxylic acids is 2. The van der Waals surface area contributed by atoms with Crippen molar-refractivity contribution >= 4 is 23.2 Å². The summed E-state index contributed by atoms with van der Waals surface area (Å²) >= 11 is 0. The predicted molar refractivity (Wildman–Crippen MR) is 88.8 cm³/mol. The molecule has 0 bridgehead atoms. The molecule has 0 N–H and O–H groups in total. The van der Waals surface area contributed by atoms with Crippen molar-refractivity contribution in [2.45, 2.75) is 32.6 Å². The molecule has 2 amide bonds. The highest BCUT2D eigenvalue weighted by Gasteiger charge is 2.27. The third-order valence-electron chi connectivity index (χ3n) is 4.19. The zero-order chi connectivity index (χ0) is 18.0. The summed E-state index contributed by atoms with van der Waals surface area (Å²) in [7, 11) is 1.58. The van der Waals surface area contributed by atoms with Gasteiger partial charge in [-0.1, -0.05) is 12.1 Å². The summed E-state index contributed by atoms with van der Waals surface area (Å²) in [4.78, 5) is 31.9. The summed E-state index contributed by atoms with van der Waals surface area (Å²) in [6.45, 7) is 2.17. The second-order valence-electron chi connectivity index (χ2n) is 5.84. The second kappa shape index (κ2) is 7.00. The van der Waals surface area contributed by atoms with E-state index >= 15 is 0 Å². The molecule has 0 fully saturated rings. The summed E-state index contributed by atoms with van der Waals surface area (Å²) in [6, 6.07) is 4.08. The second-order valence-corrected chi connectivity index (χ2v) is 5.84. The van der Waals surface area contributed by atoms with E-state index in [-0.39, 0.29) is 31.2 Å². The molecule has 0 saturated carbocycles. The molecule has 0 atom stereocenters. The van der Waals surface area contributed by atoms with Gasteiger partial charge in [0, 0.05) is 39.3 Å². The molecule has 1 aromatic carbocycles. The molecule has 0 saturated heterocycles. The van der Waals surface area contributed by atoms with Crippen LogP contribution in [0.2, 0.25) is 0 Å². The Morgan fingerprint density at radius 2 is 2.16 bits per heavy atom. The summed E-state index contributed by atoms with van der Waals surface area (Å²) in [5.41, 5.74) is 0.918. The Hall–Kier alpha value is -2.77. The van der Waals surface area contributed by atoms with E-state index in [2.05, 4.69) is 10.1 Å². The van der Waals surface area contributed by atoms with Gasteiger partial charge in [-0.2, -0.15) is 4.98 Å². The van der Waals surface area contributed by atoms with Crippen molar-refractivity contribution in [1.82, 2.24) is 10.1 Å². The molecule has 0 radical (unpaired) electrons. The number of hydrogen-bond acceptors (Lipinski definition) is 5. The first kappa shape index (κ1) is 17.1. The van der Waals surface area contributed by atoms with Crippen molar-refractivity contribution in [3.05, 3.63) is 35.7 Å². The van der Waals surface area contributed by atoms with Crippen LogP contribution in [0.1, 0.15) is 31.5 Å². The first-order chi connectivity index (χ1) is 12.0. The summed E-state index contributed by atoms with van der Waals surface area (Å²) in [6.07, 6.45) is 1.33. The van der Waals surface area contributed by atoms with E-state index in [0.717, 1.165) is 0 Å². The fraction of sp³-hybridized carbons (Fsp3) is 0.412. The van der Waals surface area contributed by atoms with E-state index in [1.165, 1.54) is 28.0 Å². The molecule has 0 unspecified atom stereocenters. The van der Waals surface area contributed by atoms with Crippen LogP contribution in [0.4, 0.5) is 15.8 Å². The lowest BCUT2D eigenvalue weighted by atomic mass is 10.2. The van der Waals surface area contributed by atoms with Crippen LogP contribution in [0, 0.1) is 5.82 Å². The number of anilines is 2. The van der Waals surface area contributed by atoms with Gasteiger partial charge in [-0.25, -0.2) is 4.39 Å². The molecule has 2 heterocycles. The van der Waals surface area contributed by atoms with Crippen molar-refractivity contribution in [3.63, 3.8) is 0 Å². The molecule has 0 spiro atoms. The monoisotopic (exact) mass is 346 g/mol. The standard InChI is InChI=1S/C17H19FN4O3/c1-3-14-19-15(25-20-14)6-7-17(24)22-9-8-16(23)21(2)13-10-11(18)4-5-12(13)22/h4-5,10H,3,6-9H2,1-2H3. The van der Waals surface area contributed by atoms with Gasteiger partial charge in [0.2, 0.25) is 17.7 Å². The number of amides is 2. The first-order valence-corrected chi connectivity index (χ1v) is 8.17. The van der Waals surface area contributed by atoms with Gasteiger partial charge in [-0.05, 0) is 18.2 Å². The van der Waals surface area contributed by atoms with Crippen LogP contribution in [0.5, 0.6) is 0 Å². The SMILES string of the molecule is CCc1noc(CCC(=O)N2CCC(=O)N(C)c3cc(F)ccc32)n1. The summed E-state index contributed by atoms with van der Waals surface area (Å²) in [5, 5.41) is 3.80. The van der Waals surface area contributed by atoms with Crippen molar-refractivity contribution in [1.29, 1.82) is 0 Å². The van der Waals surface area contributed by atoms with Crippen LogP contribution in [0.15, 0.2) is 22.7 Å². The van der Waals surface area contributed by atoms with Gasteiger partial charge in [-0.3, -0.25) is 9.59 Å². The topological polar surface area (TPSA) is 79.5 Å². The maximum atomic E-state index is 13.6. The predicted octanol–water partition coefficient (Wildman–Crippen LogP) is 2.10. The van der Waals surface area contributed by atoms with Crippen LogP contribution >= 0.6 is 0 Å². The molecule has 8 heteroatoms. The lowest BCUT2D eigenvalue weighted by Gasteiger charge is -2.23. The molecule has 132 valence electrons. The van der Waals surface area contributed by atoms with Crippen LogP contribution in [0.3, 0.4) is 0 Å². The van der Waals surface area contributed by atoms with E-state index in [9.17, 15) is 14.0 Å². The Balaban J connectivity index is 1.79. The molecular weight excluding hydrogens is 327 g/mol. The number of carbonyl (C=O) groups is 2. The molecule has 1 aromatic heterocycles. The van der Waals surface area contributed by atoms with Crippen LogP contribution < -0.4 is 9.80 Å². The first-order valence-electron chi connectivity index (χ1n) is 8.17. The van der Waals surface area contributed by atoms with Gasteiger partial charge in [0.25, 0.3) is 0 Å². The van der Waals surface area contributed by atoms with E-state index in [1.807, 2.05) is 6.92 Å². The number of benzene rings is 1. The Labute approximate surface area is 144 Å². The average molecular weight is 346 g/mol. The van der Waals surface area contributed by atoms with Gasteiger partial charge < -0.3 is 14.3 Å². The number of rotatable bonds is 4. The van der Waals surface area contributed by atoms with Crippen molar-refractivity contribution < 1.29 is 18.5 Å². The van der Waals surface area contributed by atoms with E-state index in [1.54, 1.807) is 7.05 Å². The fourth-order valence-corrected chi connectivity index (χ4v) is 2.77. The van der Waals surface area contributed by atoms with Crippen LogP contribution in [-0.4, -0.2) is 35.5 Å². The minimum absolute atomic E-state index is 0.161. The molecule has 1 aliphatic rings. The number of hydrogen-bond donors (Lipinski definition) is 0. The average Bonchev–Trinajstić information content (AvgIpc) is 3.03. The Kier molecular flexibility index (Phi) is 4.78. The third-order valence-corrected chi connectivity index (χ3v) is 4.19. The van der Waals surface area contributed by atoms with Crippen molar-refractivity contribution in [3.8, 4) is 0 Å². The van der Waals surface area contributed by atoms with Gasteiger partial charge in [0.1, 0.15) is 5.82 Å². The summed E-state index contributed by atoms with van der Waals surface area (Å²) < 4.78 is 18.7. The van der Waals surface area contributed by atoms with Gasteiger partial charge in [-0.15, -0.1) is 0 Å². The number of aromatic nitrogens is 2. The smallest absolute Gasteiger partial charge is 0.228 e. The number of nitrogens with zero attached hydrogens (tertiary/aromatic N) is 4. The number of halogens is 1. The van der Waals surface area contributed by atoms with Gasteiger partial charge in [0.15, 0.2) is 5.82 Å². The van der Waals surface area contributed by atoms with Crippen molar-refractivity contribution in [2.75, 3.05) is 23.4 Å². The summed E-state index contributed by atoms with van der Waals surface area (Å²) in [5.74, 6) is 0.224. The normalized spacial score (nSPS) is 14.4. The third kappa shape index (κ3) is 3.52. The van der Waals surface area contributed by atoms with E-state index in [0.29, 0.717) is 35.9 Å². The molecule has 0 aliphatic carbocycles. The highest BCUT2D eigenvalue weighted by Crippen LogP contribution is 2.33. The number of aryl methyl sites for hydroxylation is 2. The van der Waals surface area contributed by atoms with E-state index < -0.39 is 5.82 Å². The lowest BCUT2D eigenvalue weighted by Crippen LogP contribution is -2.32. The van der Waals surface area contributed by atoms with Gasteiger partial charge in [0.05, 0.1) is 11.4 Å². The largest absolute Gasteiger partial charge is 0.339 e. The molecule has 3 rings (SSSR count). The minimum Gasteiger partial charge on any atom is -0.339 e. The highest BCUT2D eigenvalue weighted by atomic mass is 19.1. The van der Waals surface area contributed by atoms with Crippen LogP contribution in [-0.2, 0) is 22.4 Å². The van der Waals surface area contributed by atoms with Crippen LogP contribution in [0.25, 0.3) is 0 Å². The lowest BCUT2D eigenvalue weighted by molar-refractivity contribution is -0.119. The minimum atomic E-state index is -0.453. The maximum absolute atomic E-state index is 13.6. The quantitative estimate of drug-likeness (QED) is 0.847. The molecular formula is C17H19FN4O3. The number of fused-ring (bicyclic) bond motifs is 1. The highest BCUT2D eigenvalue weighted by molar-refractivity contribution is 6.04. The Morgan fingerprint density at radius 3 is 2.88 bits per heavy atom. The Morgan fingerprint density at radius 1 is 1.36 bits per heavy atom. The molecule has 7 nitrogen and oxygen atoms in total. The zero-order valence-electron chi connectivity index (χ0n) is 14.2. The Bertz CT molecular complexity index is 805. The molecule has 2 aromatic rings. The maximum Gasteiger partial charge on any atom is 0.228 e. The molecule has 1 aliphatic heterocycles. The van der Waals surface area contributed by atoms with Crippen molar-refractivity contribution in [2.24, 2.45) is 0 Å². The molecule has 25 heavy (non-hydrogen) atoms.